The highest BCUT2D eigenvalue weighted by Crippen LogP contribution is 2.28. The quantitative estimate of drug-likeness (QED) is 0.783. The molecule has 0 bridgehead atoms. The molecule has 7 nitrogen and oxygen atoms in total. The molecule has 7 heteroatoms. The van der Waals surface area contributed by atoms with Crippen LogP contribution in [0, 0.1) is 0 Å². The first-order valence-electron chi connectivity index (χ1n) is 9.74. The number of nitrogens with zero attached hydrogens (tertiary/aromatic N) is 6. The first kappa shape index (κ1) is 17.6. The fraction of sp³-hybridized carbons (Fsp3) is 0.632. The molecule has 2 aliphatic heterocycles. The lowest BCUT2D eigenvalue weighted by Crippen LogP contribution is -2.48. The van der Waals surface area contributed by atoms with Crippen LogP contribution in [-0.4, -0.2) is 75.4 Å². The average Bonchev–Trinajstić information content (AvgIpc) is 3.37. The number of benzene rings is 1. The van der Waals surface area contributed by atoms with E-state index in [1.54, 1.807) is 0 Å². The number of hydrogen-bond donors (Lipinski definition) is 0. The summed E-state index contributed by atoms with van der Waals surface area (Å²) >= 11 is 0. The van der Waals surface area contributed by atoms with Gasteiger partial charge in [-0.3, -0.25) is 4.90 Å². The van der Waals surface area contributed by atoms with Crippen molar-refractivity contribution in [3.63, 3.8) is 0 Å². The van der Waals surface area contributed by atoms with Crippen LogP contribution < -0.4 is 0 Å². The molecule has 26 heavy (non-hydrogen) atoms. The Labute approximate surface area is 154 Å². The van der Waals surface area contributed by atoms with Gasteiger partial charge in [-0.1, -0.05) is 37.3 Å². The van der Waals surface area contributed by atoms with Crippen LogP contribution in [0.25, 0.3) is 0 Å². The first-order chi connectivity index (χ1) is 12.8. The van der Waals surface area contributed by atoms with E-state index in [-0.39, 0.29) is 12.1 Å². The molecule has 0 unspecified atom stereocenters. The molecule has 2 fully saturated rings. The van der Waals surface area contributed by atoms with Crippen LogP contribution >= 0.6 is 0 Å². The van der Waals surface area contributed by atoms with Crippen molar-refractivity contribution in [3.8, 4) is 0 Å². The molecule has 0 radical (unpaired) electrons. The van der Waals surface area contributed by atoms with Crippen LogP contribution in [0.2, 0.25) is 0 Å². The van der Waals surface area contributed by atoms with Crippen LogP contribution in [0.3, 0.4) is 0 Å². The zero-order valence-electron chi connectivity index (χ0n) is 15.5. The van der Waals surface area contributed by atoms with Crippen molar-refractivity contribution in [2.45, 2.75) is 38.5 Å². The van der Waals surface area contributed by atoms with Gasteiger partial charge >= 0.3 is 0 Å². The molecule has 4 rings (SSSR count). The Kier molecular flexibility index (Phi) is 5.57. The fourth-order valence-corrected chi connectivity index (χ4v) is 4.01. The minimum absolute atomic E-state index is 0.0895. The van der Waals surface area contributed by atoms with Crippen molar-refractivity contribution in [2.24, 2.45) is 0 Å². The van der Waals surface area contributed by atoms with E-state index in [9.17, 15) is 0 Å². The molecule has 1 aromatic heterocycles. The summed E-state index contributed by atoms with van der Waals surface area (Å²) in [6.07, 6.45) is 2.44. The predicted octanol–water partition coefficient (Wildman–Crippen LogP) is 1.58. The Bertz CT molecular complexity index is 676. The number of rotatable bonds is 6. The molecule has 0 aliphatic carbocycles. The van der Waals surface area contributed by atoms with Crippen LogP contribution in [-0.2, 0) is 11.3 Å². The van der Waals surface area contributed by atoms with Crippen LogP contribution in [0.5, 0.6) is 0 Å². The van der Waals surface area contributed by atoms with Gasteiger partial charge in [0.25, 0.3) is 0 Å². The molecular formula is C19H28N6O. The highest BCUT2D eigenvalue weighted by Gasteiger charge is 2.31. The van der Waals surface area contributed by atoms with Crippen LogP contribution in [0.15, 0.2) is 30.3 Å². The van der Waals surface area contributed by atoms with E-state index in [1.165, 1.54) is 5.56 Å². The Morgan fingerprint density at radius 1 is 1.15 bits per heavy atom. The maximum atomic E-state index is 5.80. The van der Waals surface area contributed by atoms with E-state index in [4.69, 9.17) is 4.74 Å². The Morgan fingerprint density at radius 2 is 1.96 bits per heavy atom. The minimum atomic E-state index is 0.0895. The van der Waals surface area contributed by atoms with Crippen LogP contribution in [0.4, 0.5) is 0 Å². The second-order valence-corrected chi connectivity index (χ2v) is 7.14. The van der Waals surface area contributed by atoms with Crippen molar-refractivity contribution in [1.82, 2.24) is 30.0 Å². The monoisotopic (exact) mass is 356 g/mol. The smallest absolute Gasteiger partial charge is 0.173 e. The third-order valence-electron chi connectivity index (χ3n) is 5.54. The van der Waals surface area contributed by atoms with Crippen molar-refractivity contribution in [2.75, 3.05) is 39.3 Å². The third-order valence-corrected chi connectivity index (χ3v) is 5.54. The standard InChI is InChI=1S/C19H28N6O/c1-2-23-10-12-24(13-11-23)18(16-7-4-3-5-8-16)19-20-21-22-25(19)15-17-9-6-14-26-17/h3-5,7-8,17-18H,2,6,9-15H2,1H3/t17-,18-/m1/s1. The van der Waals surface area contributed by atoms with E-state index >= 15 is 0 Å². The van der Waals surface area contributed by atoms with Gasteiger partial charge in [0.2, 0.25) is 0 Å². The van der Waals surface area contributed by atoms with Crippen molar-refractivity contribution >= 4 is 0 Å². The van der Waals surface area contributed by atoms with Gasteiger partial charge < -0.3 is 9.64 Å². The van der Waals surface area contributed by atoms with E-state index in [2.05, 4.69) is 62.6 Å². The normalized spacial score (nSPS) is 23.3. The van der Waals surface area contributed by atoms with Gasteiger partial charge in [-0.25, -0.2) is 4.68 Å². The summed E-state index contributed by atoms with van der Waals surface area (Å²) in [6, 6.07) is 10.7. The molecule has 0 saturated carbocycles. The lowest BCUT2D eigenvalue weighted by atomic mass is 10.0. The zero-order chi connectivity index (χ0) is 17.8. The van der Waals surface area contributed by atoms with Crippen molar-refractivity contribution in [3.05, 3.63) is 41.7 Å². The number of tetrazole rings is 1. The van der Waals surface area contributed by atoms with Gasteiger partial charge in [0.15, 0.2) is 5.82 Å². The summed E-state index contributed by atoms with van der Waals surface area (Å²) in [4.78, 5) is 5.01. The molecule has 2 atom stereocenters. The minimum Gasteiger partial charge on any atom is -0.376 e. The van der Waals surface area contributed by atoms with Gasteiger partial charge in [-0.05, 0) is 35.4 Å². The van der Waals surface area contributed by atoms with Crippen molar-refractivity contribution in [1.29, 1.82) is 0 Å². The molecule has 2 aliphatic rings. The number of piperazine rings is 1. The number of hydrogen-bond acceptors (Lipinski definition) is 6. The first-order valence-corrected chi connectivity index (χ1v) is 9.74. The highest BCUT2D eigenvalue weighted by atomic mass is 16.5. The molecule has 2 aromatic rings. The fourth-order valence-electron chi connectivity index (χ4n) is 4.01. The lowest BCUT2D eigenvalue weighted by molar-refractivity contribution is 0.0861. The van der Waals surface area contributed by atoms with Gasteiger partial charge in [0.05, 0.1) is 18.7 Å². The summed E-state index contributed by atoms with van der Waals surface area (Å²) in [5.41, 5.74) is 1.25. The molecule has 1 aromatic carbocycles. The Morgan fingerprint density at radius 3 is 2.65 bits per heavy atom. The predicted molar refractivity (Wildman–Crippen MR) is 98.8 cm³/mol. The maximum absolute atomic E-state index is 5.80. The van der Waals surface area contributed by atoms with Crippen LogP contribution in [0.1, 0.15) is 37.2 Å². The number of aromatic nitrogens is 4. The number of ether oxygens (including phenoxy) is 1. The summed E-state index contributed by atoms with van der Waals surface area (Å²) < 4.78 is 7.76. The zero-order valence-corrected chi connectivity index (χ0v) is 15.5. The topological polar surface area (TPSA) is 59.3 Å². The van der Waals surface area contributed by atoms with Gasteiger partial charge in [-0.15, -0.1) is 5.10 Å². The summed E-state index contributed by atoms with van der Waals surface area (Å²) in [7, 11) is 0. The average molecular weight is 356 g/mol. The summed E-state index contributed by atoms with van der Waals surface area (Å²) in [5.74, 6) is 0.927. The Hall–Kier alpha value is -1.83. The van der Waals surface area contributed by atoms with E-state index in [0.29, 0.717) is 0 Å². The lowest BCUT2D eigenvalue weighted by Gasteiger charge is -2.38. The van der Waals surface area contributed by atoms with Gasteiger partial charge in [-0.2, -0.15) is 0 Å². The second-order valence-electron chi connectivity index (χ2n) is 7.14. The Balaban J connectivity index is 1.60. The third kappa shape index (κ3) is 3.79. The van der Waals surface area contributed by atoms with Crippen molar-refractivity contribution < 1.29 is 4.74 Å². The molecule has 3 heterocycles. The molecule has 0 N–H and O–H groups in total. The summed E-state index contributed by atoms with van der Waals surface area (Å²) in [5, 5.41) is 12.7. The molecular weight excluding hydrogens is 328 g/mol. The molecule has 140 valence electrons. The van der Waals surface area contributed by atoms with E-state index < -0.39 is 0 Å². The van der Waals surface area contributed by atoms with Gasteiger partial charge in [0, 0.05) is 32.8 Å². The highest BCUT2D eigenvalue weighted by molar-refractivity contribution is 5.25. The maximum Gasteiger partial charge on any atom is 0.173 e. The largest absolute Gasteiger partial charge is 0.376 e. The summed E-state index contributed by atoms with van der Waals surface area (Å²) in [6.45, 7) is 9.16. The SMILES string of the molecule is CCN1CCN([C@H](c2ccccc2)c2nnnn2C[C@H]2CCCO2)CC1. The molecule has 0 spiro atoms. The number of likely N-dealkylation sites (N-methyl/N-ethyl adjacent to an activating group) is 1. The van der Waals surface area contributed by atoms with Gasteiger partial charge in [0.1, 0.15) is 0 Å². The van der Waals surface area contributed by atoms with E-state index in [1.807, 2.05) is 4.68 Å². The molecule has 0 amide bonds. The van der Waals surface area contributed by atoms with E-state index in [0.717, 1.165) is 64.5 Å². The second kappa shape index (κ2) is 8.24. The molecule has 2 saturated heterocycles.